The molecule has 2 N–H and O–H groups in total. The highest BCUT2D eigenvalue weighted by molar-refractivity contribution is 5.16. The fraction of sp³-hybridized carbons (Fsp3) is 0.500. The molecule has 0 aliphatic rings. The Morgan fingerprint density at radius 1 is 1.28 bits per heavy atom. The largest absolute Gasteiger partial charge is 0.416 e. The number of halogens is 4. The maximum atomic E-state index is 13.2. The highest BCUT2D eigenvalue weighted by atomic mass is 19.4. The van der Waals surface area contributed by atoms with Crippen molar-refractivity contribution < 1.29 is 22.3 Å². The second-order valence-corrected chi connectivity index (χ2v) is 3.94. The topological polar surface area (TPSA) is 35.2 Å². The Hall–Kier alpha value is -1.14. The van der Waals surface area contributed by atoms with Gasteiger partial charge in [0, 0.05) is 11.6 Å². The molecule has 1 aromatic rings. The van der Waals surface area contributed by atoms with E-state index in [9.17, 15) is 17.6 Å². The number of benzene rings is 1. The molecule has 0 aliphatic heterocycles. The zero-order valence-electron chi connectivity index (χ0n) is 9.88. The molecule has 1 aromatic carbocycles. The fourth-order valence-corrected chi connectivity index (χ4v) is 1.47. The molecule has 0 aliphatic carbocycles. The van der Waals surface area contributed by atoms with Crippen molar-refractivity contribution in [3.8, 4) is 0 Å². The SMILES string of the molecule is CCC(N)C(OCc1ccccc1F)C(F)(F)F. The molecule has 0 saturated heterocycles. The van der Waals surface area contributed by atoms with Gasteiger partial charge in [-0.25, -0.2) is 4.39 Å². The van der Waals surface area contributed by atoms with Crippen molar-refractivity contribution >= 4 is 0 Å². The number of alkyl halides is 3. The molecule has 18 heavy (non-hydrogen) atoms. The molecule has 6 heteroatoms. The van der Waals surface area contributed by atoms with Gasteiger partial charge in [0.15, 0.2) is 6.10 Å². The van der Waals surface area contributed by atoms with Crippen molar-refractivity contribution in [1.82, 2.24) is 0 Å². The molecule has 2 nitrogen and oxygen atoms in total. The first-order valence-corrected chi connectivity index (χ1v) is 5.53. The first-order chi connectivity index (χ1) is 8.36. The van der Waals surface area contributed by atoms with Crippen LogP contribution in [0.2, 0.25) is 0 Å². The first kappa shape index (κ1) is 14.9. The summed E-state index contributed by atoms with van der Waals surface area (Å²) in [7, 11) is 0. The van der Waals surface area contributed by atoms with Gasteiger partial charge in [-0.3, -0.25) is 0 Å². The molecule has 0 aromatic heterocycles. The van der Waals surface area contributed by atoms with Crippen LogP contribution in [-0.2, 0) is 11.3 Å². The van der Waals surface area contributed by atoms with Crippen LogP contribution in [0.25, 0.3) is 0 Å². The number of ether oxygens (including phenoxy) is 1. The average Bonchev–Trinajstić information content (AvgIpc) is 2.29. The van der Waals surface area contributed by atoms with E-state index in [1.54, 1.807) is 0 Å². The molecule has 2 atom stereocenters. The van der Waals surface area contributed by atoms with Crippen molar-refractivity contribution in [2.24, 2.45) is 5.73 Å². The monoisotopic (exact) mass is 265 g/mol. The van der Waals surface area contributed by atoms with Gasteiger partial charge in [0.25, 0.3) is 0 Å². The summed E-state index contributed by atoms with van der Waals surface area (Å²) < 4.78 is 55.9. The van der Waals surface area contributed by atoms with Gasteiger partial charge in [-0.05, 0) is 12.5 Å². The van der Waals surface area contributed by atoms with Crippen LogP contribution in [-0.4, -0.2) is 18.3 Å². The van der Waals surface area contributed by atoms with Crippen LogP contribution in [0, 0.1) is 5.82 Å². The van der Waals surface area contributed by atoms with Crippen LogP contribution in [0.4, 0.5) is 17.6 Å². The lowest BCUT2D eigenvalue weighted by Crippen LogP contribution is -2.46. The molecule has 0 radical (unpaired) electrons. The Morgan fingerprint density at radius 2 is 1.89 bits per heavy atom. The van der Waals surface area contributed by atoms with Gasteiger partial charge < -0.3 is 10.5 Å². The van der Waals surface area contributed by atoms with Crippen molar-refractivity contribution in [3.05, 3.63) is 35.6 Å². The predicted molar refractivity (Wildman–Crippen MR) is 59.3 cm³/mol. The molecule has 2 unspecified atom stereocenters. The minimum atomic E-state index is -4.55. The smallest absolute Gasteiger partial charge is 0.362 e. The fourth-order valence-electron chi connectivity index (χ4n) is 1.47. The molecule has 102 valence electrons. The van der Waals surface area contributed by atoms with Gasteiger partial charge in [-0.1, -0.05) is 25.1 Å². The molecule has 0 spiro atoms. The lowest BCUT2D eigenvalue weighted by molar-refractivity contribution is -0.230. The van der Waals surface area contributed by atoms with Gasteiger partial charge in [-0.15, -0.1) is 0 Å². The summed E-state index contributed by atoms with van der Waals surface area (Å²) in [6.45, 7) is 1.08. The Morgan fingerprint density at radius 3 is 2.39 bits per heavy atom. The molecule has 0 amide bonds. The van der Waals surface area contributed by atoms with Crippen LogP contribution in [0.3, 0.4) is 0 Å². The van der Waals surface area contributed by atoms with Gasteiger partial charge in [0.1, 0.15) is 5.82 Å². The standard InChI is InChI=1S/C12H15F4NO/c1-2-10(17)11(12(14,15)16)18-7-8-5-3-4-6-9(8)13/h3-6,10-11H,2,7,17H2,1H3. The van der Waals surface area contributed by atoms with Crippen LogP contribution >= 0.6 is 0 Å². The minimum Gasteiger partial charge on any atom is -0.362 e. The molecule has 0 saturated carbocycles. The number of rotatable bonds is 5. The maximum Gasteiger partial charge on any atom is 0.416 e. The summed E-state index contributed by atoms with van der Waals surface area (Å²) in [5.74, 6) is -0.594. The van der Waals surface area contributed by atoms with E-state index >= 15 is 0 Å². The van der Waals surface area contributed by atoms with Crippen LogP contribution in [0.5, 0.6) is 0 Å². The molecule has 0 bridgehead atoms. The van der Waals surface area contributed by atoms with Gasteiger partial charge in [-0.2, -0.15) is 13.2 Å². The summed E-state index contributed by atoms with van der Waals surface area (Å²) in [6.07, 6.45) is -6.51. The molecular formula is C12H15F4NO. The zero-order valence-corrected chi connectivity index (χ0v) is 9.88. The minimum absolute atomic E-state index is 0.0788. The van der Waals surface area contributed by atoms with Crippen molar-refractivity contribution in [3.63, 3.8) is 0 Å². The molecule has 1 rings (SSSR count). The van der Waals surface area contributed by atoms with E-state index in [2.05, 4.69) is 0 Å². The highest BCUT2D eigenvalue weighted by Gasteiger charge is 2.44. The van der Waals surface area contributed by atoms with Gasteiger partial charge >= 0.3 is 6.18 Å². The highest BCUT2D eigenvalue weighted by Crippen LogP contribution is 2.27. The van der Waals surface area contributed by atoms with E-state index in [1.165, 1.54) is 31.2 Å². The first-order valence-electron chi connectivity index (χ1n) is 5.53. The Bertz CT molecular complexity index is 381. The zero-order chi connectivity index (χ0) is 13.8. The second kappa shape index (κ2) is 6.15. The van der Waals surface area contributed by atoms with Crippen LogP contribution in [0.1, 0.15) is 18.9 Å². The van der Waals surface area contributed by atoms with E-state index in [0.717, 1.165) is 0 Å². The number of nitrogens with two attached hydrogens (primary N) is 1. The summed E-state index contributed by atoms with van der Waals surface area (Å²) in [5, 5.41) is 0. The predicted octanol–water partition coefficient (Wildman–Crippen LogP) is 3.01. The van der Waals surface area contributed by atoms with Gasteiger partial charge in [0.2, 0.25) is 0 Å². The van der Waals surface area contributed by atoms with E-state index in [0.29, 0.717) is 0 Å². The van der Waals surface area contributed by atoms with Crippen molar-refractivity contribution in [2.75, 3.05) is 0 Å². The van der Waals surface area contributed by atoms with E-state index in [1.807, 2.05) is 0 Å². The number of hydrogen-bond acceptors (Lipinski definition) is 2. The third-order valence-corrected chi connectivity index (χ3v) is 2.56. The Kier molecular flexibility index (Phi) is 5.10. The number of hydrogen-bond donors (Lipinski definition) is 1. The average molecular weight is 265 g/mol. The molecule has 0 heterocycles. The lowest BCUT2D eigenvalue weighted by Gasteiger charge is -2.25. The molecule has 0 fully saturated rings. The quantitative estimate of drug-likeness (QED) is 0.831. The summed E-state index contributed by atoms with van der Waals surface area (Å²) in [6, 6.07) is 4.38. The van der Waals surface area contributed by atoms with E-state index in [-0.39, 0.29) is 12.0 Å². The second-order valence-electron chi connectivity index (χ2n) is 3.94. The summed E-state index contributed by atoms with van der Waals surface area (Å²) in [5.41, 5.74) is 5.45. The van der Waals surface area contributed by atoms with Crippen molar-refractivity contribution in [2.45, 2.75) is 38.3 Å². The Balaban J connectivity index is 2.72. The van der Waals surface area contributed by atoms with Crippen LogP contribution < -0.4 is 5.73 Å². The molecular weight excluding hydrogens is 250 g/mol. The maximum absolute atomic E-state index is 13.2. The Labute approximate surface area is 103 Å². The van der Waals surface area contributed by atoms with Crippen molar-refractivity contribution in [1.29, 1.82) is 0 Å². The third-order valence-electron chi connectivity index (χ3n) is 2.56. The summed E-state index contributed by atoms with van der Waals surface area (Å²) >= 11 is 0. The van der Waals surface area contributed by atoms with Gasteiger partial charge in [0.05, 0.1) is 6.61 Å². The van der Waals surface area contributed by atoms with E-state index < -0.39 is 30.7 Å². The summed E-state index contributed by atoms with van der Waals surface area (Å²) in [4.78, 5) is 0. The third kappa shape index (κ3) is 3.96. The lowest BCUT2D eigenvalue weighted by atomic mass is 10.1. The van der Waals surface area contributed by atoms with E-state index in [4.69, 9.17) is 10.5 Å². The normalized spacial score (nSPS) is 15.4. The van der Waals surface area contributed by atoms with Crippen LogP contribution in [0.15, 0.2) is 24.3 Å².